The van der Waals surface area contributed by atoms with Gasteiger partial charge in [-0.05, 0) is 30.9 Å². The second-order valence-corrected chi connectivity index (χ2v) is 7.28. The first-order valence-electron chi connectivity index (χ1n) is 8.64. The third kappa shape index (κ3) is 3.21. The Hall–Kier alpha value is -3.06. The number of imide groups is 1. The van der Waals surface area contributed by atoms with E-state index in [-0.39, 0.29) is 30.7 Å². The summed E-state index contributed by atoms with van der Waals surface area (Å²) in [6.07, 6.45) is 0.605. The van der Waals surface area contributed by atoms with Gasteiger partial charge in [0, 0.05) is 34.9 Å². The van der Waals surface area contributed by atoms with Crippen LogP contribution in [-0.2, 0) is 4.79 Å². The van der Waals surface area contributed by atoms with Crippen molar-refractivity contribution in [2.24, 2.45) is 0 Å². The summed E-state index contributed by atoms with van der Waals surface area (Å²) in [4.78, 5) is 43.0. The normalized spacial score (nSPS) is 13.3. The number of aromatic nitrogens is 1. The summed E-state index contributed by atoms with van der Waals surface area (Å²) in [5, 5.41) is 6.74. The van der Waals surface area contributed by atoms with E-state index in [1.165, 1.54) is 16.2 Å². The van der Waals surface area contributed by atoms with E-state index in [2.05, 4.69) is 10.3 Å². The van der Waals surface area contributed by atoms with E-state index in [1.807, 2.05) is 36.6 Å². The highest BCUT2D eigenvalue weighted by molar-refractivity contribution is 7.13. The fourth-order valence-electron chi connectivity index (χ4n) is 3.27. The van der Waals surface area contributed by atoms with Crippen molar-refractivity contribution < 1.29 is 14.4 Å². The molecule has 6 nitrogen and oxygen atoms in total. The first-order chi connectivity index (χ1) is 13.0. The molecular weight excluding hydrogens is 362 g/mol. The lowest BCUT2D eigenvalue weighted by Gasteiger charge is -2.27. The van der Waals surface area contributed by atoms with Crippen LogP contribution in [0.1, 0.15) is 39.3 Å². The Morgan fingerprint density at radius 2 is 1.78 bits per heavy atom. The van der Waals surface area contributed by atoms with Gasteiger partial charge in [-0.15, -0.1) is 11.3 Å². The summed E-state index contributed by atoms with van der Waals surface area (Å²) in [6, 6.07) is 10.9. The average molecular weight is 379 g/mol. The molecule has 0 spiro atoms. The van der Waals surface area contributed by atoms with Crippen LogP contribution in [-0.4, -0.2) is 34.2 Å². The molecule has 1 N–H and O–H groups in total. The van der Waals surface area contributed by atoms with Gasteiger partial charge < -0.3 is 5.32 Å². The van der Waals surface area contributed by atoms with Crippen molar-refractivity contribution in [3.63, 3.8) is 0 Å². The quantitative estimate of drug-likeness (QED) is 0.687. The lowest BCUT2D eigenvalue weighted by molar-refractivity contribution is -0.116. The number of aryl methyl sites for hydroxylation is 1. The lowest BCUT2D eigenvalue weighted by Crippen LogP contribution is -2.41. The van der Waals surface area contributed by atoms with Crippen LogP contribution < -0.4 is 5.32 Å². The molecule has 1 aromatic heterocycles. The number of thiazole rings is 1. The summed E-state index contributed by atoms with van der Waals surface area (Å²) in [6.45, 7) is 2.06. The van der Waals surface area contributed by atoms with E-state index in [1.54, 1.807) is 12.1 Å². The molecule has 0 fully saturated rings. The van der Waals surface area contributed by atoms with Gasteiger partial charge in [0.05, 0.1) is 5.69 Å². The first kappa shape index (κ1) is 17.4. The maximum absolute atomic E-state index is 12.8. The monoisotopic (exact) mass is 379 g/mol. The second kappa shape index (κ2) is 6.92. The smallest absolute Gasteiger partial charge is 0.261 e. The van der Waals surface area contributed by atoms with Crippen LogP contribution in [0.2, 0.25) is 0 Å². The molecule has 7 heteroatoms. The minimum Gasteiger partial charge on any atom is -0.302 e. The summed E-state index contributed by atoms with van der Waals surface area (Å²) in [5.41, 5.74) is 1.92. The molecule has 1 aliphatic rings. The number of amides is 3. The maximum atomic E-state index is 12.8. The van der Waals surface area contributed by atoms with Crippen LogP contribution in [0.25, 0.3) is 10.8 Å². The first-order valence-corrected chi connectivity index (χ1v) is 9.52. The largest absolute Gasteiger partial charge is 0.302 e. The van der Waals surface area contributed by atoms with Crippen LogP contribution in [0.15, 0.2) is 41.8 Å². The van der Waals surface area contributed by atoms with Gasteiger partial charge in [0.1, 0.15) is 0 Å². The summed E-state index contributed by atoms with van der Waals surface area (Å²) >= 11 is 1.37. The van der Waals surface area contributed by atoms with Crippen LogP contribution in [0.5, 0.6) is 0 Å². The van der Waals surface area contributed by atoms with Gasteiger partial charge in [-0.2, -0.15) is 0 Å². The molecule has 0 saturated heterocycles. The predicted octanol–water partition coefficient (Wildman–Crippen LogP) is 3.62. The maximum Gasteiger partial charge on any atom is 0.261 e. The number of hydrogen-bond acceptors (Lipinski definition) is 5. The van der Waals surface area contributed by atoms with Crippen molar-refractivity contribution in [2.45, 2.75) is 19.8 Å². The third-order valence-electron chi connectivity index (χ3n) is 4.51. The van der Waals surface area contributed by atoms with Crippen molar-refractivity contribution in [3.05, 3.63) is 58.6 Å². The number of rotatable bonds is 5. The molecule has 3 amide bonds. The SMILES string of the molecule is Cc1csc(NC(=O)CCCN2C(=O)c3cccc4cccc(c34)C2=O)n1. The van der Waals surface area contributed by atoms with E-state index >= 15 is 0 Å². The van der Waals surface area contributed by atoms with Crippen LogP contribution in [0.4, 0.5) is 5.13 Å². The molecule has 0 radical (unpaired) electrons. The van der Waals surface area contributed by atoms with Gasteiger partial charge in [-0.25, -0.2) is 4.98 Å². The number of nitrogens with one attached hydrogen (secondary N) is 1. The standard InChI is InChI=1S/C20H17N3O3S/c1-12-11-27-20(21-12)22-16(24)9-4-10-23-18(25)14-7-2-5-13-6-3-8-15(17(13)14)19(23)26/h2-3,5-8,11H,4,9-10H2,1H3,(H,21,22,24). The van der Waals surface area contributed by atoms with E-state index in [9.17, 15) is 14.4 Å². The topological polar surface area (TPSA) is 79.4 Å². The van der Waals surface area contributed by atoms with Gasteiger partial charge in [0.25, 0.3) is 11.8 Å². The molecule has 3 aromatic rings. The molecule has 1 aliphatic heterocycles. The number of anilines is 1. The fraction of sp³-hybridized carbons (Fsp3) is 0.200. The van der Waals surface area contributed by atoms with Gasteiger partial charge in [-0.1, -0.05) is 24.3 Å². The highest BCUT2D eigenvalue weighted by Gasteiger charge is 2.32. The third-order valence-corrected chi connectivity index (χ3v) is 5.38. The minimum atomic E-state index is -0.305. The summed E-state index contributed by atoms with van der Waals surface area (Å²) in [5.74, 6) is -0.788. The zero-order valence-electron chi connectivity index (χ0n) is 14.7. The summed E-state index contributed by atoms with van der Waals surface area (Å²) < 4.78 is 0. The molecule has 0 atom stereocenters. The number of nitrogens with zero attached hydrogens (tertiary/aromatic N) is 2. The van der Waals surface area contributed by atoms with Crippen molar-refractivity contribution in [2.75, 3.05) is 11.9 Å². The van der Waals surface area contributed by atoms with E-state index in [0.717, 1.165) is 11.1 Å². The highest BCUT2D eigenvalue weighted by Crippen LogP contribution is 2.30. The van der Waals surface area contributed by atoms with Crippen LogP contribution in [0.3, 0.4) is 0 Å². The minimum absolute atomic E-state index is 0.177. The molecular formula is C20H17N3O3S. The van der Waals surface area contributed by atoms with Gasteiger partial charge in [0.15, 0.2) is 5.13 Å². The molecule has 27 heavy (non-hydrogen) atoms. The Kier molecular flexibility index (Phi) is 4.45. The molecule has 136 valence electrons. The Balaban J connectivity index is 1.45. The van der Waals surface area contributed by atoms with Gasteiger partial charge in [-0.3, -0.25) is 19.3 Å². The van der Waals surface area contributed by atoms with E-state index in [0.29, 0.717) is 28.1 Å². The Morgan fingerprint density at radius 1 is 1.11 bits per heavy atom. The molecule has 0 saturated carbocycles. The van der Waals surface area contributed by atoms with E-state index in [4.69, 9.17) is 0 Å². The number of carbonyl (C=O) groups excluding carboxylic acids is 3. The highest BCUT2D eigenvalue weighted by atomic mass is 32.1. The Bertz CT molecular complexity index is 1020. The molecule has 2 heterocycles. The lowest BCUT2D eigenvalue weighted by atomic mass is 9.94. The molecule has 0 aliphatic carbocycles. The second-order valence-electron chi connectivity index (χ2n) is 6.42. The fourth-order valence-corrected chi connectivity index (χ4v) is 3.98. The number of carbonyl (C=O) groups is 3. The Labute approximate surface area is 159 Å². The molecule has 0 unspecified atom stereocenters. The van der Waals surface area contributed by atoms with Crippen molar-refractivity contribution in [3.8, 4) is 0 Å². The van der Waals surface area contributed by atoms with Crippen molar-refractivity contribution in [1.82, 2.24) is 9.88 Å². The van der Waals surface area contributed by atoms with Crippen LogP contribution >= 0.6 is 11.3 Å². The average Bonchev–Trinajstić information content (AvgIpc) is 3.07. The Morgan fingerprint density at radius 3 is 2.37 bits per heavy atom. The van der Waals surface area contributed by atoms with Gasteiger partial charge in [0.2, 0.25) is 5.91 Å². The number of benzene rings is 2. The van der Waals surface area contributed by atoms with E-state index < -0.39 is 0 Å². The molecule has 0 bridgehead atoms. The van der Waals surface area contributed by atoms with Crippen molar-refractivity contribution >= 4 is 45.0 Å². The summed E-state index contributed by atoms with van der Waals surface area (Å²) in [7, 11) is 0. The zero-order chi connectivity index (χ0) is 19.0. The van der Waals surface area contributed by atoms with Gasteiger partial charge >= 0.3 is 0 Å². The number of hydrogen-bond donors (Lipinski definition) is 1. The van der Waals surface area contributed by atoms with Crippen LogP contribution in [0, 0.1) is 6.92 Å². The zero-order valence-corrected chi connectivity index (χ0v) is 15.5. The predicted molar refractivity (Wildman–Crippen MR) is 104 cm³/mol. The molecule has 4 rings (SSSR count). The van der Waals surface area contributed by atoms with Crippen molar-refractivity contribution in [1.29, 1.82) is 0 Å². The molecule has 2 aromatic carbocycles.